The molecule has 1 heterocycles. The van der Waals surface area contributed by atoms with Crippen LogP contribution in [0, 0.1) is 0 Å². The molecule has 0 fully saturated rings. The fourth-order valence-corrected chi connectivity index (χ4v) is 0.681. The number of aliphatic imine (C=N–C) groups is 1. The first-order chi connectivity index (χ1) is 5.43. The molecule has 0 atom stereocenters. The zero-order chi connectivity index (χ0) is 7.94. The van der Waals surface area contributed by atoms with E-state index >= 15 is 0 Å². The summed E-state index contributed by atoms with van der Waals surface area (Å²) in [6.45, 7) is 0.840. The van der Waals surface area contributed by atoms with E-state index in [1.807, 2.05) is 12.1 Å². The molecule has 0 radical (unpaired) electrons. The van der Waals surface area contributed by atoms with Crippen LogP contribution in [0.15, 0.2) is 27.8 Å². The summed E-state index contributed by atoms with van der Waals surface area (Å²) in [6.07, 6.45) is 3.97. The number of hydrogen-bond donors (Lipinski definition) is 1. The van der Waals surface area contributed by atoms with Gasteiger partial charge in [-0.15, -0.1) is 0 Å². The van der Waals surface area contributed by atoms with E-state index in [0.717, 1.165) is 5.76 Å². The van der Waals surface area contributed by atoms with Gasteiger partial charge in [0.2, 0.25) is 0 Å². The molecule has 11 heavy (non-hydrogen) atoms. The van der Waals surface area contributed by atoms with Gasteiger partial charge in [-0.2, -0.15) is 0 Å². The normalized spacial score (nSPS) is 11.0. The number of hydrogen-bond acceptors (Lipinski definition) is 3. The smallest absolute Gasteiger partial charge is 0.144 e. The molecule has 1 aromatic rings. The summed E-state index contributed by atoms with van der Waals surface area (Å²) >= 11 is 0. The van der Waals surface area contributed by atoms with Crippen molar-refractivity contribution < 1.29 is 9.52 Å². The van der Waals surface area contributed by atoms with Gasteiger partial charge in [-0.05, 0) is 18.6 Å². The Hall–Kier alpha value is -1.09. The minimum absolute atomic E-state index is 0.190. The zero-order valence-electron chi connectivity index (χ0n) is 6.23. The Bertz CT molecular complexity index is 204. The average molecular weight is 153 g/mol. The van der Waals surface area contributed by atoms with Gasteiger partial charge in [0.1, 0.15) is 5.76 Å². The highest BCUT2D eigenvalue weighted by Crippen LogP contribution is 1.95. The molecule has 0 aliphatic rings. The van der Waals surface area contributed by atoms with E-state index in [4.69, 9.17) is 9.52 Å². The van der Waals surface area contributed by atoms with Gasteiger partial charge in [-0.3, -0.25) is 4.99 Å². The van der Waals surface area contributed by atoms with Gasteiger partial charge >= 0.3 is 0 Å². The van der Waals surface area contributed by atoms with Gasteiger partial charge < -0.3 is 9.52 Å². The van der Waals surface area contributed by atoms with E-state index in [0.29, 0.717) is 13.0 Å². The van der Waals surface area contributed by atoms with Gasteiger partial charge in [0.15, 0.2) is 0 Å². The van der Waals surface area contributed by atoms with Crippen molar-refractivity contribution in [2.45, 2.75) is 6.42 Å². The van der Waals surface area contributed by atoms with Crippen molar-refractivity contribution in [1.82, 2.24) is 0 Å². The minimum atomic E-state index is 0.190. The lowest BCUT2D eigenvalue weighted by Crippen LogP contribution is -1.87. The molecule has 60 valence electrons. The lowest BCUT2D eigenvalue weighted by Gasteiger charge is -1.87. The lowest BCUT2D eigenvalue weighted by molar-refractivity contribution is 0.291. The fraction of sp³-hybridized carbons (Fsp3) is 0.375. The maximum atomic E-state index is 8.43. The van der Waals surface area contributed by atoms with Gasteiger partial charge in [0.05, 0.1) is 12.5 Å². The molecule has 0 aliphatic carbocycles. The Labute approximate surface area is 65.4 Å². The van der Waals surface area contributed by atoms with E-state index in [9.17, 15) is 0 Å². The van der Waals surface area contributed by atoms with Crippen molar-refractivity contribution in [3.8, 4) is 0 Å². The van der Waals surface area contributed by atoms with Gasteiger partial charge in [0, 0.05) is 13.2 Å². The molecule has 0 saturated heterocycles. The second kappa shape index (κ2) is 4.68. The van der Waals surface area contributed by atoms with Crippen LogP contribution < -0.4 is 0 Å². The van der Waals surface area contributed by atoms with Crippen LogP contribution in [0.25, 0.3) is 0 Å². The van der Waals surface area contributed by atoms with Crippen molar-refractivity contribution in [1.29, 1.82) is 0 Å². The van der Waals surface area contributed by atoms with Crippen LogP contribution in [0.5, 0.6) is 0 Å². The molecule has 0 bridgehead atoms. The quantitative estimate of drug-likeness (QED) is 0.519. The van der Waals surface area contributed by atoms with Gasteiger partial charge in [0.25, 0.3) is 0 Å². The van der Waals surface area contributed by atoms with Crippen molar-refractivity contribution in [2.75, 3.05) is 13.2 Å². The number of aliphatic hydroxyl groups is 1. The van der Waals surface area contributed by atoms with Crippen molar-refractivity contribution >= 4 is 6.21 Å². The number of aliphatic hydroxyl groups excluding tert-OH is 1. The highest BCUT2D eigenvalue weighted by molar-refractivity contribution is 5.75. The van der Waals surface area contributed by atoms with Crippen LogP contribution in [0.4, 0.5) is 0 Å². The molecule has 0 amide bonds. The minimum Gasteiger partial charge on any atom is -0.463 e. The van der Waals surface area contributed by atoms with E-state index in [1.54, 1.807) is 12.5 Å². The number of rotatable bonds is 4. The van der Waals surface area contributed by atoms with Crippen molar-refractivity contribution in [3.63, 3.8) is 0 Å². The van der Waals surface area contributed by atoms with Crippen LogP contribution >= 0.6 is 0 Å². The second-order valence-electron chi connectivity index (χ2n) is 2.13. The molecule has 0 aliphatic heterocycles. The third-order valence-corrected chi connectivity index (χ3v) is 1.21. The van der Waals surface area contributed by atoms with Crippen LogP contribution in [0.1, 0.15) is 12.2 Å². The van der Waals surface area contributed by atoms with E-state index in [2.05, 4.69) is 4.99 Å². The van der Waals surface area contributed by atoms with Crippen LogP contribution in [0.2, 0.25) is 0 Å². The van der Waals surface area contributed by atoms with Gasteiger partial charge in [-0.25, -0.2) is 0 Å². The monoisotopic (exact) mass is 153 g/mol. The topological polar surface area (TPSA) is 45.7 Å². The predicted molar refractivity (Wildman–Crippen MR) is 42.9 cm³/mol. The molecule has 1 aromatic heterocycles. The SMILES string of the molecule is OCCCN=Cc1ccco1. The summed E-state index contributed by atoms with van der Waals surface area (Å²) < 4.78 is 5.00. The number of furan rings is 1. The van der Waals surface area contributed by atoms with Crippen LogP contribution in [-0.2, 0) is 0 Å². The summed E-state index contributed by atoms with van der Waals surface area (Å²) in [5, 5.41) is 8.43. The largest absolute Gasteiger partial charge is 0.463 e. The van der Waals surface area contributed by atoms with E-state index < -0.39 is 0 Å². The van der Waals surface area contributed by atoms with Crippen LogP contribution in [0.3, 0.4) is 0 Å². The molecule has 0 aromatic carbocycles. The zero-order valence-corrected chi connectivity index (χ0v) is 6.23. The third kappa shape index (κ3) is 3.00. The molecule has 1 N–H and O–H groups in total. The summed E-state index contributed by atoms with van der Waals surface area (Å²) in [5.74, 6) is 0.753. The summed E-state index contributed by atoms with van der Waals surface area (Å²) in [4.78, 5) is 4.02. The maximum Gasteiger partial charge on any atom is 0.144 e. The first-order valence-corrected chi connectivity index (χ1v) is 3.57. The Kier molecular flexibility index (Phi) is 3.41. The number of nitrogens with zero attached hydrogens (tertiary/aromatic N) is 1. The highest BCUT2D eigenvalue weighted by atomic mass is 16.3. The summed E-state index contributed by atoms with van der Waals surface area (Å²) in [5.41, 5.74) is 0. The Morgan fingerprint density at radius 1 is 1.64 bits per heavy atom. The summed E-state index contributed by atoms with van der Waals surface area (Å²) in [6, 6.07) is 3.65. The Balaban J connectivity index is 2.25. The van der Waals surface area contributed by atoms with Crippen LogP contribution in [-0.4, -0.2) is 24.5 Å². The second-order valence-corrected chi connectivity index (χ2v) is 2.13. The molecule has 0 saturated carbocycles. The Morgan fingerprint density at radius 2 is 2.55 bits per heavy atom. The van der Waals surface area contributed by atoms with Crippen molar-refractivity contribution in [3.05, 3.63) is 24.2 Å². The molecular weight excluding hydrogens is 142 g/mol. The average Bonchev–Trinajstić information content (AvgIpc) is 2.50. The predicted octanol–water partition coefficient (Wildman–Crippen LogP) is 1.08. The van der Waals surface area contributed by atoms with Crippen molar-refractivity contribution in [2.24, 2.45) is 4.99 Å². The Morgan fingerprint density at radius 3 is 3.18 bits per heavy atom. The molecule has 0 spiro atoms. The fourth-order valence-electron chi connectivity index (χ4n) is 0.681. The molecule has 1 rings (SSSR count). The molecular formula is C8H11NO2. The molecule has 0 unspecified atom stereocenters. The first-order valence-electron chi connectivity index (χ1n) is 3.57. The summed E-state index contributed by atoms with van der Waals surface area (Å²) in [7, 11) is 0. The lowest BCUT2D eigenvalue weighted by atomic mass is 10.4. The van der Waals surface area contributed by atoms with E-state index in [-0.39, 0.29) is 6.61 Å². The molecule has 3 nitrogen and oxygen atoms in total. The standard InChI is InChI=1S/C8H11NO2/c10-5-2-4-9-7-8-3-1-6-11-8/h1,3,6-7,10H,2,4-5H2. The van der Waals surface area contributed by atoms with E-state index in [1.165, 1.54) is 0 Å². The van der Waals surface area contributed by atoms with Gasteiger partial charge in [-0.1, -0.05) is 0 Å². The molecule has 3 heteroatoms. The first kappa shape index (κ1) is 8.01. The highest BCUT2D eigenvalue weighted by Gasteiger charge is 1.86. The third-order valence-electron chi connectivity index (χ3n) is 1.21. The maximum absolute atomic E-state index is 8.43.